The van der Waals surface area contributed by atoms with E-state index in [1.165, 1.54) is 13.1 Å². The van der Waals surface area contributed by atoms with Gasteiger partial charge >= 0.3 is 6.03 Å². The molecule has 0 spiro atoms. The summed E-state index contributed by atoms with van der Waals surface area (Å²) in [5.41, 5.74) is 1.28. The van der Waals surface area contributed by atoms with E-state index >= 15 is 0 Å². The molecular formula is C13H16N6O2. The van der Waals surface area contributed by atoms with Gasteiger partial charge in [0.25, 0.3) is 0 Å². The number of carbonyl (C=O) groups is 2. The van der Waals surface area contributed by atoms with Crippen LogP contribution in [-0.4, -0.2) is 38.5 Å². The Labute approximate surface area is 120 Å². The van der Waals surface area contributed by atoms with Crippen LogP contribution >= 0.6 is 0 Å². The van der Waals surface area contributed by atoms with E-state index < -0.39 is 6.03 Å². The second kappa shape index (κ2) is 6.12. The van der Waals surface area contributed by atoms with Crippen molar-refractivity contribution >= 4 is 34.5 Å². The van der Waals surface area contributed by atoms with Crippen molar-refractivity contribution in [2.75, 3.05) is 5.32 Å². The van der Waals surface area contributed by atoms with Crippen LogP contribution in [-0.2, 0) is 4.79 Å². The van der Waals surface area contributed by atoms with Crippen LogP contribution < -0.4 is 10.6 Å². The minimum Gasteiger partial charge on any atom is -0.345 e. The molecule has 0 aliphatic carbocycles. The summed E-state index contributed by atoms with van der Waals surface area (Å²) in [5.74, 6) is 0.0290. The van der Waals surface area contributed by atoms with Gasteiger partial charge in [0.2, 0.25) is 0 Å². The second-order valence-electron chi connectivity index (χ2n) is 4.71. The summed E-state index contributed by atoms with van der Waals surface area (Å²) in [6.45, 7) is 3.05. The van der Waals surface area contributed by atoms with E-state index in [4.69, 9.17) is 5.41 Å². The summed E-state index contributed by atoms with van der Waals surface area (Å²) >= 11 is 0. The molecule has 0 unspecified atom stereocenters. The lowest BCUT2D eigenvalue weighted by Gasteiger charge is -2.13. The summed E-state index contributed by atoms with van der Waals surface area (Å²) < 4.78 is 0. The molecule has 0 aromatic carbocycles. The van der Waals surface area contributed by atoms with Crippen LogP contribution in [0.15, 0.2) is 18.5 Å². The maximum absolute atomic E-state index is 11.8. The molecule has 0 fully saturated rings. The zero-order valence-electron chi connectivity index (χ0n) is 11.7. The predicted molar refractivity (Wildman–Crippen MR) is 78.5 cm³/mol. The largest absolute Gasteiger partial charge is 0.345 e. The number of rotatable bonds is 5. The van der Waals surface area contributed by atoms with Gasteiger partial charge < -0.3 is 15.7 Å². The fourth-order valence-corrected chi connectivity index (χ4v) is 1.77. The average molecular weight is 288 g/mol. The van der Waals surface area contributed by atoms with Gasteiger partial charge in [-0.05, 0) is 13.0 Å². The van der Waals surface area contributed by atoms with Gasteiger partial charge in [0, 0.05) is 25.6 Å². The standard InChI is InChI=1S/C13H16N6O2/c1-7(5-9(14)8(2)20)17-13(21)19-11-6-16-12-10(18-11)3-4-15-12/h3-4,6-7,14H,5H2,1-2H3,(H,15,16)(H2,17,18,19,21)/t7-/m0/s1. The highest BCUT2D eigenvalue weighted by atomic mass is 16.2. The normalized spacial score (nSPS) is 11.9. The number of urea groups is 1. The number of nitrogens with one attached hydrogen (secondary N) is 4. The van der Waals surface area contributed by atoms with Crippen molar-refractivity contribution in [3.8, 4) is 0 Å². The number of anilines is 1. The maximum atomic E-state index is 11.8. The number of aromatic amines is 1. The van der Waals surface area contributed by atoms with Gasteiger partial charge in [0.05, 0.1) is 11.9 Å². The van der Waals surface area contributed by atoms with Crippen LogP contribution in [0.1, 0.15) is 20.3 Å². The Bertz CT molecular complexity index is 693. The third-order valence-electron chi connectivity index (χ3n) is 2.82. The molecule has 8 heteroatoms. The molecule has 0 aliphatic rings. The van der Waals surface area contributed by atoms with Crippen molar-refractivity contribution in [2.24, 2.45) is 0 Å². The number of carbonyl (C=O) groups excluding carboxylic acids is 2. The molecule has 2 rings (SSSR count). The Balaban J connectivity index is 1.91. The first kappa shape index (κ1) is 14.6. The molecule has 0 saturated carbocycles. The molecule has 0 radical (unpaired) electrons. The highest BCUT2D eigenvalue weighted by Crippen LogP contribution is 2.09. The fourth-order valence-electron chi connectivity index (χ4n) is 1.77. The van der Waals surface area contributed by atoms with E-state index in [1.807, 2.05) is 0 Å². The Kier molecular flexibility index (Phi) is 4.27. The number of hydrogen-bond donors (Lipinski definition) is 4. The predicted octanol–water partition coefficient (Wildman–Crippen LogP) is 1.47. The molecule has 2 aromatic rings. The van der Waals surface area contributed by atoms with Gasteiger partial charge in [-0.15, -0.1) is 0 Å². The summed E-state index contributed by atoms with van der Waals surface area (Å²) in [5, 5.41) is 12.7. The van der Waals surface area contributed by atoms with Crippen LogP contribution in [0.3, 0.4) is 0 Å². The highest BCUT2D eigenvalue weighted by molar-refractivity contribution is 6.37. The molecule has 0 aliphatic heterocycles. The van der Waals surface area contributed by atoms with E-state index in [2.05, 4.69) is 25.6 Å². The molecule has 4 N–H and O–H groups in total. The van der Waals surface area contributed by atoms with Crippen molar-refractivity contribution < 1.29 is 9.59 Å². The van der Waals surface area contributed by atoms with Crippen molar-refractivity contribution in [3.63, 3.8) is 0 Å². The minimum absolute atomic E-state index is 0.0173. The maximum Gasteiger partial charge on any atom is 0.320 e. The Hall–Kier alpha value is -2.77. The number of hydrogen-bond acceptors (Lipinski definition) is 5. The molecule has 110 valence electrons. The molecule has 1 atom stereocenters. The number of aromatic nitrogens is 3. The summed E-state index contributed by atoms with van der Waals surface area (Å²) in [7, 11) is 0. The van der Waals surface area contributed by atoms with E-state index in [9.17, 15) is 9.59 Å². The molecule has 0 saturated heterocycles. The van der Waals surface area contributed by atoms with Gasteiger partial charge in [-0.1, -0.05) is 0 Å². The van der Waals surface area contributed by atoms with Crippen LogP contribution in [0.4, 0.5) is 10.6 Å². The van der Waals surface area contributed by atoms with Crippen LogP contribution in [0.5, 0.6) is 0 Å². The molecule has 2 amide bonds. The molecule has 2 heterocycles. The fraction of sp³-hybridized carbons (Fsp3) is 0.308. The van der Waals surface area contributed by atoms with Crippen molar-refractivity contribution in [1.29, 1.82) is 5.41 Å². The number of amides is 2. The molecule has 8 nitrogen and oxygen atoms in total. The van der Waals surface area contributed by atoms with Crippen LogP contribution in [0.2, 0.25) is 0 Å². The first-order valence-electron chi connectivity index (χ1n) is 6.41. The SMILES string of the molecule is CC(=O)C(=N)C[C@H](C)NC(=O)Nc1cnc2[nH]ccc2n1. The third-order valence-corrected chi connectivity index (χ3v) is 2.82. The number of H-pyrrole nitrogens is 1. The quantitative estimate of drug-likeness (QED) is 0.622. The van der Waals surface area contributed by atoms with Crippen LogP contribution in [0.25, 0.3) is 11.2 Å². The van der Waals surface area contributed by atoms with E-state index in [0.29, 0.717) is 17.0 Å². The Morgan fingerprint density at radius 1 is 1.48 bits per heavy atom. The average Bonchev–Trinajstić information content (AvgIpc) is 2.85. The van der Waals surface area contributed by atoms with Gasteiger partial charge in [-0.3, -0.25) is 10.1 Å². The molecule has 2 aromatic heterocycles. The zero-order chi connectivity index (χ0) is 15.4. The third kappa shape index (κ3) is 3.85. The molecule has 21 heavy (non-hydrogen) atoms. The van der Waals surface area contributed by atoms with Gasteiger partial charge in [0.1, 0.15) is 5.52 Å². The van der Waals surface area contributed by atoms with Gasteiger partial charge in [-0.2, -0.15) is 0 Å². The zero-order valence-corrected chi connectivity index (χ0v) is 11.7. The van der Waals surface area contributed by atoms with Crippen molar-refractivity contribution in [1.82, 2.24) is 20.3 Å². The summed E-state index contributed by atoms with van der Waals surface area (Å²) in [4.78, 5) is 34.0. The highest BCUT2D eigenvalue weighted by Gasteiger charge is 2.13. The lowest BCUT2D eigenvalue weighted by Crippen LogP contribution is -2.38. The lowest BCUT2D eigenvalue weighted by molar-refractivity contribution is -0.111. The first-order valence-corrected chi connectivity index (χ1v) is 6.41. The summed E-state index contributed by atoms with van der Waals surface area (Å²) in [6, 6.07) is 0.968. The number of ketones is 1. The Morgan fingerprint density at radius 2 is 2.24 bits per heavy atom. The van der Waals surface area contributed by atoms with Crippen LogP contribution in [0, 0.1) is 5.41 Å². The number of Topliss-reactive ketones (excluding diaryl/α,β-unsaturated/α-hetero) is 1. The lowest BCUT2D eigenvalue weighted by atomic mass is 10.1. The number of nitrogens with zero attached hydrogens (tertiary/aromatic N) is 2. The second-order valence-corrected chi connectivity index (χ2v) is 4.71. The monoisotopic (exact) mass is 288 g/mol. The van der Waals surface area contributed by atoms with E-state index in [1.54, 1.807) is 19.2 Å². The Morgan fingerprint density at radius 3 is 2.95 bits per heavy atom. The minimum atomic E-state index is -0.456. The van der Waals surface area contributed by atoms with Crippen molar-refractivity contribution in [2.45, 2.75) is 26.3 Å². The summed E-state index contributed by atoms with van der Waals surface area (Å²) in [6.07, 6.45) is 3.34. The van der Waals surface area contributed by atoms with Gasteiger partial charge in [0.15, 0.2) is 17.2 Å². The molecular weight excluding hydrogens is 272 g/mol. The van der Waals surface area contributed by atoms with E-state index in [-0.39, 0.29) is 24.0 Å². The topological polar surface area (TPSA) is 124 Å². The smallest absolute Gasteiger partial charge is 0.320 e. The number of fused-ring (bicyclic) bond motifs is 1. The van der Waals surface area contributed by atoms with Crippen molar-refractivity contribution in [3.05, 3.63) is 18.5 Å². The van der Waals surface area contributed by atoms with Gasteiger partial charge in [-0.25, -0.2) is 14.8 Å². The van der Waals surface area contributed by atoms with E-state index in [0.717, 1.165) is 0 Å². The first-order chi connectivity index (χ1) is 9.95. The molecule has 0 bridgehead atoms.